The molecule has 0 bridgehead atoms. The van der Waals surface area contributed by atoms with Crippen LogP contribution >= 0.6 is 34.8 Å². The van der Waals surface area contributed by atoms with Crippen LogP contribution in [0.15, 0.2) is 71.6 Å². The van der Waals surface area contributed by atoms with E-state index >= 15 is 0 Å². The Kier molecular flexibility index (Phi) is 10.9. The second kappa shape index (κ2) is 13.7. The van der Waals surface area contributed by atoms with Gasteiger partial charge in [0.25, 0.3) is 10.0 Å². The molecule has 0 aliphatic heterocycles. The SMILES string of the molecule is CC[C@@H](C)NC(=O)[C@H](C)N(Cc1cccc(Cl)c1)C(=O)CN(c1cc(Cl)ccc1Cl)S(=O)(=O)c1ccc(C)cc1. The summed E-state index contributed by atoms with van der Waals surface area (Å²) in [5, 5.41) is 3.70. The predicted molar refractivity (Wildman–Crippen MR) is 162 cm³/mol. The van der Waals surface area contributed by atoms with Crippen molar-refractivity contribution in [3.63, 3.8) is 0 Å². The maximum atomic E-state index is 14.0. The Labute approximate surface area is 251 Å². The van der Waals surface area contributed by atoms with E-state index in [0.717, 1.165) is 9.87 Å². The Hall–Kier alpha value is -2.78. The van der Waals surface area contributed by atoms with Crippen LogP contribution in [0.1, 0.15) is 38.3 Å². The number of carbonyl (C=O) groups excluding carboxylic acids is 2. The van der Waals surface area contributed by atoms with Crippen LogP contribution in [0.25, 0.3) is 0 Å². The summed E-state index contributed by atoms with van der Waals surface area (Å²) in [7, 11) is -4.27. The van der Waals surface area contributed by atoms with Crippen LogP contribution in [0.2, 0.25) is 15.1 Å². The molecular weight excluding hydrogens is 593 g/mol. The van der Waals surface area contributed by atoms with Crippen LogP contribution in [0.5, 0.6) is 0 Å². The highest BCUT2D eigenvalue weighted by molar-refractivity contribution is 7.92. The number of hydrogen-bond donors (Lipinski definition) is 1. The van der Waals surface area contributed by atoms with Gasteiger partial charge in [-0.3, -0.25) is 13.9 Å². The number of halogens is 3. The van der Waals surface area contributed by atoms with Crippen molar-refractivity contribution in [1.29, 1.82) is 0 Å². The molecule has 3 aromatic rings. The van der Waals surface area contributed by atoms with E-state index in [9.17, 15) is 18.0 Å². The largest absolute Gasteiger partial charge is 0.352 e. The molecule has 0 spiro atoms. The third kappa shape index (κ3) is 7.91. The van der Waals surface area contributed by atoms with Crippen molar-refractivity contribution in [3.8, 4) is 0 Å². The molecule has 7 nitrogen and oxygen atoms in total. The number of hydrogen-bond acceptors (Lipinski definition) is 4. The monoisotopic (exact) mass is 623 g/mol. The van der Waals surface area contributed by atoms with Gasteiger partial charge in [0, 0.05) is 22.6 Å². The second-order valence-electron chi connectivity index (χ2n) is 9.57. The van der Waals surface area contributed by atoms with E-state index in [1.807, 2.05) is 20.8 Å². The minimum Gasteiger partial charge on any atom is -0.352 e. The van der Waals surface area contributed by atoms with Crippen molar-refractivity contribution in [2.45, 2.75) is 57.6 Å². The Morgan fingerprint density at radius 1 is 0.925 bits per heavy atom. The van der Waals surface area contributed by atoms with E-state index in [2.05, 4.69) is 5.32 Å². The van der Waals surface area contributed by atoms with Crippen LogP contribution in [0.3, 0.4) is 0 Å². The van der Waals surface area contributed by atoms with Crippen LogP contribution in [0.4, 0.5) is 5.69 Å². The molecule has 0 aromatic heterocycles. The second-order valence-corrected chi connectivity index (χ2v) is 12.7. The lowest BCUT2D eigenvalue weighted by Crippen LogP contribution is -2.52. The number of amides is 2. The summed E-state index contributed by atoms with van der Waals surface area (Å²) >= 11 is 18.8. The van der Waals surface area contributed by atoms with Crippen LogP contribution in [-0.2, 0) is 26.2 Å². The molecule has 0 aliphatic carbocycles. The van der Waals surface area contributed by atoms with Gasteiger partial charge >= 0.3 is 0 Å². The lowest BCUT2D eigenvalue weighted by atomic mass is 10.1. The summed E-state index contributed by atoms with van der Waals surface area (Å²) < 4.78 is 28.8. The van der Waals surface area contributed by atoms with E-state index < -0.39 is 28.5 Å². The third-order valence-corrected chi connectivity index (χ3v) is 9.04. The lowest BCUT2D eigenvalue weighted by Gasteiger charge is -2.32. The van der Waals surface area contributed by atoms with Gasteiger partial charge in [-0.1, -0.05) is 71.6 Å². The maximum absolute atomic E-state index is 14.0. The molecule has 3 rings (SSSR count). The molecule has 1 N–H and O–H groups in total. The summed E-state index contributed by atoms with van der Waals surface area (Å²) in [5.41, 5.74) is 1.59. The van der Waals surface area contributed by atoms with Crippen LogP contribution < -0.4 is 9.62 Å². The summed E-state index contributed by atoms with van der Waals surface area (Å²) in [5.74, 6) is -0.975. The minimum atomic E-state index is -4.27. The molecular formula is C29H32Cl3N3O4S. The number of aryl methyl sites for hydroxylation is 1. The molecule has 11 heteroatoms. The molecule has 2 atom stereocenters. The fourth-order valence-corrected chi connectivity index (χ4v) is 5.98. The molecule has 0 aliphatic rings. The predicted octanol–water partition coefficient (Wildman–Crippen LogP) is 6.48. The maximum Gasteiger partial charge on any atom is 0.264 e. The number of benzene rings is 3. The summed E-state index contributed by atoms with van der Waals surface area (Å²) in [6, 6.07) is 16.5. The van der Waals surface area contributed by atoms with Crippen molar-refractivity contribution in [2.75, 3.05) is 10.8 Å². The lowest BCUT2D eigenvalue weighted by molar-refractivity contribution is -0.139. The van der Waals surface area contributed by atoms with Crippen LogP contribution in [0, 0.1) is 6.92 Å². The van der Waals surface area contributed by atoms with E-state index in [-0.39, 0.29) is 39.1 Å². The zero-order valence-electron chi connectivity index (χ0n) is 22.7. The fraction of sp³-hybridized carbons (Fsp3) is 0.310. The van der Waals surface area contributed by atoms with Crippen molar-refractivity contribution >= 4 is 62.3 Å². The fourth-order valence-electron chi connectivity index (χ4n) is 3.91. The Balaban J connectivity index is 2.07. The molecule has 0 saturated carbocycles. The summed E-state index contributed by atoms with van der Waals surface area (Å²) in [6.07, 6.45) is 0.705. The van der Waals surface area contributed by atoms with E-state index in [1.54, 1.807) is 43.3 Å². The highest BCUT2D eigenvalue weighted by atomic mass is 35.5. The smallest absolute Gasteiger partial charge is 0.264 e. The molecule has 214 valence electrons. The normalized spacial score (nSPS) is 12.9. The van der Waals surface area contributed by atoms with E-state index in [4.69, 9.17) is 34.8 Å². The van der Waals surface area contributed by atoms with Gasteiger partial charge in [0.05, 0.1) is 15.6 Å². The number of sulfonamides is 1. The average molecular weight is 625 g/mol. The molecule has 40 heavy (non-hydrogen) atoms. The van der Waals surface area contributed by atoms with Gasteiger partial charge in [0.1, 0.15) is 12.6 Å². The highest BCUT2D eigenvalue weighted by Gasteiger charge is 2.33. The van der Waals surface area contributed by atoms with E-state index in [0.29, 0.717) is 17.0 Å². The van der Waals surface area contributed by atoms with Gasteiger partial charge in [-0.05, 0) is 75.2 Å². The molecule has 0 saturated heterocycles. The molecule has 2 amide bonds. The van der Waals surface area contributed by atoms with Crippen molar-refractivity contribution in [1.82, 2.24) is 10.2 Å². The van der Waals surface area contributed by atoms with Gasteiger partial charge in [-0.2, -0.15) is 0 Å². The average Bonchev–Trinajstić information content (AvgIpc) is 2.91. The Morgan fingerprint density at radius 3 is 2.20 bits per heavy atom. The van der Waals surface area contributed by atoms with Crippen LogP contribution in [-0.4, -0.2) is 43.8 Å². The zero-order chi connectivity index (χ0) is 29.6. The minimum absolute atomic E-state index is 0.0223. The standard InChI is InChI=1S/C29H32Cl3N3O4S/c1-5-20(3)33-29(37)21(4)34(17-22-7-6-8-23(30)15-22)28(36)18-35(27-16-24(31)11-14-26(27)32)40(38,39)25-12-9-19(2)10-13-25/h6-16,20-21H,5,17-18H2,1-4H3,(H,33,37)/t20-,21+/m1/s1. The zero-order valence-corrected chi connectivity index (χ0v) is 25.8. The van der Waals surface area contributed by atoms with Crippen molar-refractivity contribution in [2.24, 2.45) is 0 Å². The first kappa shape index (κ1) is 31.7. The molecule has 0 fully saturated rings. The number of nitrogens with one attached hydrogen (secondary N) is 1. The third-order valence-electron chi connectivity index (χ3n) is 6.47. The molecule has 0 unspecified atom stereocenters. The number of rotatable bonds is 11. The quantitative estimate of drug-likeness (QED) is 0.265. The van der Waals surface area contributed by atoms with Crippen molar-refractivity contribution < 1.29 is 18.0 Å². The van der Waals surface area contributed by atoms with Gasteiger partial charge in [0.15, 0.2) is 0 Å². The van der Waals surface area contributed by atoms with Gasteiger partial charge in [-0.25, -0.2) is 8.42 Å². The van der Waals surface area contributed by atoms with E-state index in [1.165, 1.54) is 35.2 Å². The highest BCUT2D eigenvalue weighted by Crippen LogP contribution is 2.33. The number of nitrogens with zero attached hydrogens (tertiary/aromatic N) is 2. The molecule has 0 radical (unpaired) electrons. The Bertz CT molecular complexity index is 1470. The molecule has 0 heterocycles. The molecule has 3 aromatic carbocycles. The number of carbonyl (C=O) groups is 2. The number of anilines is 1. The first-order valence-electron chi connectivity index (χ1n) is 12.7. The Morgan fingerprint density at radius 2 is 1.57 bits per heavy atom. The van der Waals surface area contributed by atoms with Crippen molar-refractivity contribution in [3.05, 3.63) is 92.9 Å². The van der Waals surface area contributed by atoms with Gasteiger partial charge in [0.2, 0.25) is 11.8 Å². The summed E-state index contributed by atoms with van der Waals surface area (Å²) in [6.45, 7) is 6.64. The topological polar surface area (TPSA) is 86.8 Å². The first-order chi connectivity index (χ1) is 18.8. The van der Waals surface area contributed by atoms with Gasteiger partial charge in [-0.15, -0.1) is 0 Å². The first-order valence-corrected chi connectivity index (χ1v) is 15.3. The van der Waals surface area contributed by atoms with Gasteiger partial charge < -0.3 is 10.2 Å². The summed E-state index contributed by atoms with van der Waals surface area (Å²) in [4.78, 5) is 28.4.